The molecule has 142 valence electrons. The average Bonchev–Trinajstić information content (AvgIpc) is 3.15. The molecule has 2 aromatic rings. The summed E-state index contributed by atoms with van der Waals surface area (Å²) in [5, 5.41) is 12.5. The Bertz CT molecular complexity index is 783. The Kier molecular flexibility index (Phi) is 6.35. The minimum Gasteiger partial charge on any atom is -0.490 e. The number of carboxylic acids is 1. The molecule has 1 aliphatic carbocycles. The molecule has 27 heavy (non-hydrogen) atoms. The number of hydrogen-bond donors (Lipinski definition) is 2. The lowest BCUT2D eigenvalue weighted by molar-refractivity contribution is -0.137. The van der Waals surface area contributed by atoms with Gasteiger partial charge in [-0.05, 0) is 67.6 Å². The zero-order valence-electron chi connectivity index (χ0n) is 14.9. The maximum absolute atomic E-state index is 12.4. The summed E-state index contributed by atoms with van der Waals surface area (Å²) < 4.78 is 5.94. The van der Waals surface area contributed by atoms with Crippen LogP contribution in [0, 0.1) is 0 Å². The van der Waals surface area contributed by atoms with Crippen molar-refractivity contribution in [3.05, 3.63) is 64.7 Å². The number of aliphatic carboxylic acids is 1. The molecule has 1 fully saturated rings. The monoisotopic (exact) mass is 387 g/mol. The van der Waals surface area contributed by atoms with Crippen LogP contribution in [0.15, 0.2) is 48.5 Å². The fourth-order valence-corrected chi connectivity index (χ4v) is 3.37. The Morgan fingerprint density at radius 1 is 1.07 bits per heavy atom. The molecule has 1 aliphatic rings. The lowest BCUT2D eigenvalue weighted by Crippen LogP contribution is -2.30. The number of benzene rings is 2. The van der Waals surface area contributed by atoms with Crippen molar-refractivity contribution in [1.82, 2.24) is 5.32 Å². The van der Waals surface area contributed by atoms with Gasteiger partial charge >= 0.3 is 5.97 Å². The van der Waals surface area contributed by atoms with E-state index in [1.165, 1.54) is 12.8 Å². The molecule has 0 heterocycles. The van der Waals surface area contributed by atoms with Crippen LogP contribution in [-0.2, 0) is 4.79 Å². The van der Waals surface area contributed by atoms with Crippen LogP contribution in [0.1, 0.15) is 54.1 Å². The molecule has 0 bridgehead atoms. The van der Waals surface area contributed by atoms with Crippen molar-refractivity contribution >= 4 is 23.5 Å². The minimum absolute atomic E-state index is 0.206. The fraction of sp³-hybridized carbons (Fsp3) is 0.333. The predicted molar refractivity (Wildman–Crippen MR) is 103 cm³/mol. The molecule has 0 saturated heterocycles. The maximum atomic E-state index is 12.4. The number of nitrogens with one attached hydrogen (secondary N) is 1. The number of rotatable bonds is 7. The molecular weight excluding hydrogens is 366 g/mol. The third-order valence-corrected chi connectivity index (χ3v) is 4.93. The molecule has 0 radical (unpaired) electrons. The highest BCUT2D eigenvalue weighted by atomic mass is 35.5. The van der Waals surface area contributed by atoms with Crippen molar-refractivity contribution in [2.45, 2.75) is 44.2 Å². The van der Waals surface area contributed by atoms with E-state index in [2.05, 4.69) is 5.32 Å². The third kappa shape index (κ3) is 5.47. The van der Waals surface area contributed by atoms with Gasteiger partial charge in [-0.15, -0.1) is 0 Å². The summed E-state index contributed by atoms with van der Waals surface area (Å²) in [7, 11) is 0. The van der Waals surface area contributed by atoms with Gasteiger partial charge in [-0.2, -0.15) is 0 Å². The smallest absolute Gasteiger partial charge is 0.305 e. The molecule has 0 aromatic heterocycles. The van der Waals surface area contributed by atoms with Crippen LogP contribution in [0.5, 0.6) is 5.75 Å². The zero-order chi connectivity index (χ0) is 19.2. The summed E-state index contributed by atoms with van der Waals surface area (Å²) in [6.07, 6.45) is 4.58. The number of carbonyl (C=O) groups is 2. The van der Waals surface area contributed by atoms with E-state index in [-0.39, 0.29) is 18.4 Å². The molecule has 5 nitrogen and oxygen atoms in total. The Balaban J connectivity index is 1.70. The van der Waals surface area contributed by atoms with E-state index >= 15 is 0 Å². The summed E-state index contributed by atoms with van der Waals surface area (Å²) in [4.78, 5) is 23.7. The normalized spacial score (nSPS) is 15.3. The topological polar surface area (TPSA) is 75.6 Å². The zero-order valence-corrected chi connectivity index (χ0v) is 15.6. The predicted octanol–water partition coefficient (Wildman–Crippen LogP) is 4.61. The first-order valence-corrected chi connectivity index (χ1v) is 9.44. The van der Waals surface area contributed by atoms with Crippen LogP contribution in [0.3, 0.4) is 0 Å². The molecule has 1 amide bonds. The number of hydrogen-bond acceptors (Lipinski definition) is 3. The van der Waals surface area contributed by atoms with Crippen LogP contribution in [0.4, 0.5) is 0 Å². The first-order valence-electron chi connectivity index (χ1n) is 9.06. The second-order valence-electron chi connectivity index (χ2n) is 6.72. The minimum atomic E-state index is -0.984. The van der Waals surface area contributed by atoms with Crippen LogP contribution >= 0.6 is 11.6 Å². The van der Waals surface area contributed by atoms with E-state index in [1.807, 2.05) is 12.1 Å². The first kappa shape index (κ1) is 19.2. The van der Waals surface area contributed by atoms with Gasteiger partial charge in [-0.25, -0.2) is 0 Å². The molecule has 3 rings (SSSR count). The fourth-order valence-electron chi connectivity index (χ4n) is 3.25. The van der Waals surface area contributed by atoms with Crippen molar-refractivity contribution in [2.24, 2.45) is 0 Å². The van der Waals surface area contributed by atoms with Gasteiger partial charge in [-0.3, -0.25) is 9.59 Å². The van der Waals surface area contributed by atoms with Gasteiger partial charge in [0.15, 0.2) is 0 Å². The lowest BCUT2D eigenvalue weighted by atomic mass is 10.0. The molecule has 0 spiro atoms. The van der Waals surface area contributed by atoms with E-state index in [4.69, 9.17) is 16.3 Å². The van der Waals surface area contributed by atoms with Gasteiger partial charge in [0, 0.05) is 10.6 Å². The Hall–Kier alpha value is -2.53. The number of carboxylic acid groups (broad SMARTS) is 1. The first-order chi connectivity index (χ1) is 13.0. The second-order valence-corrected chi connectivity index (χ2v) is 7.16. The number of halogens is 1. The number of amides is 1. The van der Waals surface area contributed by atoms with Gasteiger partial charge in [0.25, 0.3) is 5.91 Å². The number of carbonyl (C=O) groups excluding carboxylic acids is 1. The summed E-state index contributed by atoms with van der Waals surface area (Å²) in [6.45, 7) is 0. The highest BCUT2D eigenvalue weighted by Crippen LogP contribution is 2.26. The number of ether oxygens (including phenoxy) is 1. The third-order valence-electron chi connectivity index (χ3n) is 4.68. The summed E-state index contributed by atoms with van der Waals surface area (Å²) in [6, 6.07) is 13.1. The Morgan fingerprint density at radius 3 is 2.30 bits per heavy atom. The van der Waals surface area contributed by atoms with E-state index in [1.54, 1.807) is 36.4 Å². The van der Waals surface area contributed by atoms with Crippen LogP contribution in [0.2, 0.25) is 5.02 Å². The SMILES string of the molecule is O=C(O)CC(NC(=O)c1ccc(Cl)cc1)c1ccc(OC2CCCC2)cc1. The lowest BCUT2D eigenvalue weighted by Gasteiger charge is -2.19. The quantitative estimate of drug-likeness (QED) is 0.727. The van der Waals surface area contributed by atoms with Gasteiger partial charge in [0.05, 0.1) is 18.6 Å². The van der Waals surface area contributed by atoms with Crippen molar-refractivity contribution in [3.63, 3.8) is 0 Å². The largest absolute Gasteiger partial charge is 0.490 e. The van der Waals surface area contributed by atoms with E-state index in [9.17, 15) is 14.7 Å². The average molecular weight is 388 g/mol. The van der Waals surface area contributed by atoms with E-state index in [0.29, 0.717) is 10.6 Å². The van der Waals surface area contributed by atoms with Crippen molar-refractivity contribution in [2.75, 3.05) is 0 Å². The molecule has 2 aromatic carbocycles. The molecular formula is C21H22ClNO4. The van der Waals surface area contributed by atoms with Crippen LogP contribution in [-0.4, -0.2) is 23.1 Å². The van der Waals surface area contributed by atoms with Gasteiger partial charge < -0.3 is 15.2 Å². The Labute approximate surface area is 163 Å². The Morgan fingerprint density at radius 2 is 1.70 bits per heavy atom. The standard InChI is InChI=1S/C21H22ClNO4/c22-16-9-5-15(6-10-16)21(26)23-19(13-20(24)25)14-7-11-18(12-8-14)27-17-3-1-2-4-17/h5-12,17,19H,1-4,13H2,(H,23,26)(H,24,25). The summed E-state index contributed by atoms with van der Waals surface area (Å²) in [5.74, 6) is -0.560. The summed E-state index contributed by atoms with van der Waals surface area (Å²) in [5.41, 5.74) is 1.15. The maximum Gasteiger partial charge on any atom is 0.305 e. The van der Waals surface area contributed by atoms with Gasteiger partial charge in [0.1, 0.15) is 5.75 Å². The molecule has 1 saturated carbocycles. The highest BCUT2D eigenvalue weighted by Gasteiger charge is 2.20. The van der Waals surface area contributed by atoms with Crippen molar-refractivity contribution < 1.29 is 19.4 Å². The van der Waals surface area contributed by atoms with Gasteiger partial charge in [-0.1, -0.05) is 23.7 Å². The molecule has 1 atom stereocenters. The molecule has 0 aliphatic heterocycles. The van der Waals surface area contributed by atoms with E-state index in [0.717, 1.165) is 24.2 Å². The van der Waals surface area contributed by atoms with Crippen LogP contribution < -0.4 is 10.1 Å². The molecule has 1 unspecified atom stereocenters. The summed E-state index contributed by atoms with van der Waals surface area (Å²) >= 11 is 5.84. The molecule has 6 heteroatoms. The van der Waals surface area contributed by atoms with Crippen molar-refractivity contribution in [3.8, 4) is 5.75 Å². The second kappa shape index (κ2) is 8.91. The van der Waals surface area contributed by atoms with Gasteiger partial charge in [0.2, 0.25) is 0 Å². The van der Waals surface area contributed by atoms with Crippen LogP contribution in [0.25, 0.3) is 0 Å². The highest BCUT2D eigenvalue weighted by molar-refractivity contribution is 6.30. The van der Waals surface area contributed by atoms with Crippen molar-refractivity contribution in [1.29, 1.82) is 0 Å². The van der Waals surface area contributed by atoms with E-state index < -0.39 is 12.0 Å². The molecule has 2 N–H and O–H groups in total.